The molecule has 3 aliphatic rings. The van der Waals surface area contributed by atoms with E-state index < -0.39 is 0 Å². The van der Waals surface area contributed by atoms with E-state index in [9.17, 15) is 0 Å². The second-order valence-electron chi connectivity index (χ2n) is 9.93. The molecule has 5 rings (SSSR count). The molecule has 35 heavy (non-hydrogen) atoms. The maximum Gasteiger partial charge on any atom is 0.122 e. The number of allylic oxidation sites excluding steroid dienone is 4. The van der Waals surface area contributed by atoms with Gasteiger partial charge in [0.15, 0.2) is 0 Å². The van der Waals surface area contributed by atoms with E-state index in [2.05, 4.69) is 61.5 Å². The van der Waals surface area contributed by atoms with Crippen molar-refractivity contribution in [3.8, 4) is 11.5 Å². The molecule has 2 saturated heterocycles. The number of hydrogen-bond acceptors (Lipinski definition) is 4. The largest absolute Gasteiger partial charge is 0.491 e. The summed E-state index contributed by atoms with van der Waals surface area (Å²) in [4.78, 5) is 0. The van der Waals surface area contributed by atoms with Crippen molar-refractivity contribution in [3.05, 3.63) is 71.3 Å². The van der Waals surface area contributed by atoms with Gasteiger partial charge in [0.25, 0.3) is 0 Å². The Balaban J connectivity index is 1.24. The van der Waals surface area contributed by atoms with E-state index in [-0.39, 0.29) is 12.2 Å². The Morgan fingerprint density at radius 3 is 2.03 bits per heavy atom. The van der Waals surface area contributed by atoms with Crippen LogP contribution in [0.25, 0.3) is 11.1 Å². The molecule has 186 valence electrons. The van der Waals surface area contributed by atoms with Crippen LogP contribution in [0.2, 0.25) is 0 Å². The van der Waals surface area contributed by atoms with Crippen molar-refractivity contribution in [1.29, 1.82) is 0 Å². The third-order valence-corrected chi connectivity index (χ3v) is 7.02. The molecule has 1 aliphatic carbocycles. The molecule has 0 spiro atoms. The molecule has 2 atom stereocenters. The summed E-state index contributed by atoms with van der Waals surface area (Å²) < 4.78 is 22.5. The molecule has 4 nitrogen and oxygen atoms in total. The minimum absolute atomic E-state index is 0.282. The summed E-state index contributed by atoms with van der Waals surface area (Å²) in [7, 11) is 0. The van der Waals surface area contributed by atoms with Gasteiger partial charge < -0.3 is 18.9 Å². The highest BCUT2D eigenvalue weighted by molar-refractivity contribution is 5.78. The fraction of sp³-hybridized carbons (Fsp3) is 0.484. The lowest BCUT2D eigenvalue weighted by Crippen LogP contribution is -2.06. The first-order valence-electron chi connectivity index (χ1n) is 13.4. The van der Waals surface area contributed by atoms with Crippen LogP contribution in [0.15, 0.2) is 54.6 Å². The normalized spacial score (nSPS) is 20.7. The second-order valence-corrected chi connectivity index (χ2v) is 9.93. The van der Waals surface area contributed by atoms with Crippen molar-refractivity contribution in [2.75, 3.05) is 26.4 Å². The minimum Gasteiger partial charge on any atom is -0.491 e. The lowest BCUT2D eigenvalue weighted by molar-refractivity contribution is 0.261. The maximum absolute atomic E-state index is 6.13. The van der Waals surface area contributed by atoms with Gasteiger partial charge in [-0.25, -0.2) is 0 Å². The number of rotatable bonds is 14. The van der Waals surface area contributed by atoms with Crippen LogP contribution in [0, 0.1) is 0 Å². The predicted molar refractivity (Wildman–Crippen MR) is 141 cm³/mol. The second kappa shape index (κ2) is 11.9. The molecule has 0 N–H and O–H groups in total. The zero-order valence-corrected chi connectivity index (χ0v) is 21.0. The maximum atomic E-state index is 6.13. The molecule has 2 aromatic carbocycles. The predicted octanol–water partition coefficient (Wildman–Crippen LogP) is 7.02. The van der Waals surface area contributed by atoms with E-state index in [0.29, 0.717) is 13.2 Å². The average Bonchev–Trinajstić information content (AvgIpc) is 3.82. The van der Waals surface area contributed by atoms with Crippen molar-refractivity contribution in [1.82, 2.24) is 0 Å². The van der Waals surface area contributed by atoms with E-state index in [1.54, 1.807) is 0 Å². The standard InChI is InChI=1S/C31H38O4/c1-2-3-4-5-6-7-27-18-26(14-17-31(27)35-22-30-21-34-30)25-10-8-23(9-11-25)24-12-15-28(16-13-24)32-19-29-20-33-29/h8,10,12-18,29-30H,2-7,9,11,19-22H2,1H3. The number of hydrogen-bond donors (Lipinski definition) is 0. The summed E-state index contributed by atoms with van der Waals surface area (Å²) in [5, 5.41) is 0. The molecular formula is C31H38O4. The first kappa shape index (κ1) is 24.1. The molecule has 0 aromatic heterocycles. The van der Waals surface area contributed by atoms with Gasteiger partial charge in [0.2, 0.25) is 0 Å². The van der Waals surface area contributed by atoms with Crippen molar-refractivity contribution in [2.45, 2.75) is 70.5 Å². The van der Waals surface area contributed by atoms with Crippen LogP contribution >= 0.6 is 0 Å². The fourth-order valence-corrected chi connectivity index (χ4v) is 4.62. The Morgan fingerprint density at radius 1 is 0.743 bits per heavy atom. The van der Waals surface area contributed by atoms with Crippen molar-refractivity contribution >= 4 is 11.1 Å². The lowest BCUT2D eigenvalue weighted by Gasteiger charge is -2.18. The Kier molecular flexibility index (Phi) is 8.22. The quantitative estimate of drug-likeness (QED) is 0.218. The molecule has 0 radical (unpaired) electrons. The Labute approximate surface area is 209 Å². The lowest BCUT2D eigenvalue weighted by atomic mass is 9.89. The number of aryl methyl sites for hydroxylation is 1. The highest BCUT2D eigenvalue weighted by Gasteiger charge is 2.24. The van der Waals surface area contributed by atoms with E-state index >= 15 is 0 Å². The van der Waals surface area contributed by atoms with Gasteiger partial charge in [-0.15, -0.1) is 0 Å². The van der Waals surface area contributed by atoms with Crippen LogP contribution in [0.4, 0.5) is 0 Å². The number of ether oxygens (including phenoxy) is 4. The third kappa shape index (κ3) is 7.22. The topological polar surface area (TPSA) is 43.5 Å². The number of epoxide rings is 2. The highest BCUT2D eigenvalue weighted by Crippen LogP contribution is 2.34. The van der Waals surface area contributed by atoms with Gasteiger partial charge in [-0.05, 0) is 77.8 Å². The SMILES string of the molecule is CCCCCCCc1cc(C2=CC=C(c3ccc(OCC4CO4)cc3)CC2)ccc1OCC1CO1. The van der Waals surface area contributed by atoms with Crippen molar-refractivity contribution in [2.24, 2.45) is 0 Å². The number of benzene rings is 2. The van der Waals surface area contributed by atoms with Gasteiger partial charge >= 0.3 is 0 Å². The Morgan fingerprint density at radius 2 is 1.37 bits per heavy atom. The van der Waals surface area contributed by atoms with E-state index in [1.165, 1.54) is 59.9 Å². The monoisotopic (exact) mass is 474 g/mol. The highest BCUT2D eigenvalue weighted by atomic mass is 16.6. The van der Waals surface area contributed by atoms with Gasteiger partial charge in [0.1, 0.15) is 36.9 Å². The first-order valence-corrected chi connectivity index (χ1v) is 13.4. The zero-order chi connectivity index (χ0) is 23.9. The van der Waals surface area contributed by atoms with Gasteiger partial charge in [0.05, 0.1) is 13.2 Å². The molecule has 2 unspecified atom stereocenters. The van der Waals surface area contributed by atoms with Crippen LogP contribution in [0.3, 0.4) is 0 Å². The summed E-state index contributed by atoms with van der Waals surface area (Å²) in [6.07, 6.45) is 14.8. The molecule has 2 aliphatic heterocycles. The van der Waals surface area contributed by atoms with E-state index in [1.807, 2.05) is 0 Å². The summed E-state index contributed by atoms with van der Waals surface area (Å²) >= 11 is 0. The first-order chi connectivity index (χ1) is 17.3. The summed E-state index contributed by atoms with van der Waals surface area (Å²) in [5.41, 5.74) is 6.72. The van der Waals surface area contributed by atoms with Crippen LogP contribution in [-0.4, -0.2) is 38.6 Å². The number of unbranched alkanes of at least 4 members (excludes halogenated alkanes) is 4. The summed E-state index contributed by atoms with van der Waals surface area (Å²) in [6.45, 7) is 5.23. The Bertz CT molecular complexity index is 1030. The van der Waals surface area contributed by atoms with Crippen LogP contribution in [-0.2, 0) is 15.9 Å². The molecular weight excluding hydrogens is 436 g/mol. The average molecular weight is 475 g/mol. The molecule has 0 saturated carbocycles. The van der Waals surface area contributed by atoms with Gasteiger partial charge in [0, 0.05) is 0 Å². The van der Waals surface area contributed by atoms with Crippen LogP contribution in [0.1, 0.15) is 68.6 Å². The van der Waals surface area contributed by atoms with Gasteiger partial charge in [-0.1, -0.05) is 63.0 Å². The molecule has 2 fully saturated rings. The fourth-order valence-electron chi connectivity index (χ4n) is 4.62. The molecule has 0 bridgehead atoms. The van der Waals surface area contributed by atoms with Crippen LogP contribution in [0.5, 0.6) is 11.5 Å². The smallest absolute Gasteiger partial charge is 0.122 e. The summed E-state index contributed by atoms with van der Waals surface area (Å²) in [5.74, 6) is 1.94. The molecule has 4 heteroatoms. The van der Waals surface area contributed by atoms with Crippen molar-refractivity contribution in [3.63, 3.8) is 0 Å². The molecule has 2 aromatic rings. The van der Waals surface area contributed by atoms with Crippen LogP contribution < -0.4 is 9.47 Å². The third-order valence-electron chi connectivity index (χ3n) is 7.02. The Hall–Kier alpha value is -2.56. The van der Waals surface area contributed by atoms with E-state index in [0.717, 1.165) is 44.0 Å². The molecule has 2 heterocycles. The van der Waals surface area contributed by atoms with E-state index in [4.69, 9.17) is 18.9 Å². The minimum atomic E-state index is 0.282. The zero-order valence-electron chi connectivity index (χ0n) is 21.0. The van der Waals surface area contributed by atoms with Crippen molar-refractivity contribution < 1.29 is 18.9 Å². The summed E-state index contributed by atoms with van der Waals surface area (Å²) in [6, 6.07) is 15.2. The van der Waals surface area contributed by atoms with Gasteiger partial charge in [-0.3, -0.25) is 0 Å². The molecule has 0 amide bonds. The van der Waals surface area contributed by atoms with Gasteiger partial charge in [-0.2, -0.15) is 0 Å².